The molecule has 0 radical (unpaired) electrons. The van der Waals surface area contributed by atoms with E-state index in [1.165, 1.54) is 18.2 Å². The zero-order chi connectivity index (χ0) is 16.4. The highest BCUT2D eigenvalue weighted by atomic mass is 19.1. The van der Waals surface area contributed by atoms with Crippen molar-refractivity contribution in [2.45, 2.75) is 13.5 Å². The molecule has 0 amide bonds. The minimum atomic E-state index is -0.457. The lowest BCUT2D eigenvalue weighted by molar-refractivity contribution is -0.385. The maximum absolute atomic E-state index is 13.7. The highest BCUT2D eigenvalue weighted by Gasteiger charge is 2.15. The van der Waals surface area contributed by atoms with Gasteiger partial charge in [0, 0.05) is 23.2 Å². The zero-order valence-corrected chi connectivity index (χ0v) is 12.3. The van der Waals surface area contributed by atoms with Gasteiger partial charge in [-0.3, -0.25) is 15.1 Å². The monoisotopic (exact) mass is 312 g/mol. The Balaban J connectivity index is 1.93. The molecule has 2 aromatic carbocycles. The van der Waals surface area contributed by atoms with E-state index in [0.717, 1.165) is 0 Å². The normalized spacial score (nSPS) is 10.7. The van der Waals surface area contributed by atoms with Crippen LogP contribution in [-0.4, -0.2) is 9.91 Å². The lowest BCUT2D eigenvalue weighted by Gasteiger charge is -2.11. The molecule has 0 aliphatic rings. The summed E-state index contributed by atoms with van der Waals surface area (Å²) in [4.78, 5) is 14.7. The number of fused-ring (bicyclic) bond motifs is 1. The van der Waals surface area contributed by atoms with Crippen LogP contribution in [0.1, 0.15) is 11.1 Å². The first kappa shape index (κ1) is 14.9. The lowest BCUT2D eigenvalue weighted by atomic mass is 10.1. The van der Waals surface area contributed by atoms with Gasteiger partial charge in [0.2, 0.25) is 0 Å². The highest BCUT2D eigenvalue weighted by Crippen LogP contribution is 2.28. The second-order valence-corrected chi connectivity index (χ2v) is 5.09. The van der Waals surface area contributed by atoms with Gasteiger partial charge in [-0.15, -0.1) is 0 Å². The predicted octanol–water partition coefficient (Wildman–Crippen LogP) is 4.17. The second-order valence-electron chi connectivity index (χ2n) is 5.09. The lowest BCUT2D eigenvalue weighted by Crippen LogP contribution is -2.01. The van der Waals surface area contributed by atoms with E-state index in [4.69, 9.17) is 4.74 Å². The summed E-state index contributed by atoms with van der Waals surface area (Å²) in [6.45, 7) is 1.70. The van der Waals surface area contributed by atoms with E-state index in [-0.39, 0.29) is 18.1 Å². The van der Waals surface area contributed by atoms with Crippen molar-refractivity contribution < 1.29 is 14.1 Å². The van der Waals surface area contributed by atoms with Gasteiger partial charge in [0.05, 0.1) is 16.0 Å². The number of hydrogen-bond donors (Lipinski definition) is 0. The topological polar surface area (TPSA) is 65.3 Å². The van der Waals surface area contributed by atoms with E-state index < -0.39 is 4.92 Å². The number of hydrogen-bond acceptors (Lipinski definition) is 4. The molecule has 0 saturated carbocycles. The molecule has 1 heterocycles. The van der Waals surface area contributed by atoms with Crippen molar-refractivity contribution in [3.63, 3.8) is 0 Å². The summed E-state index contributed by atoms with van der Waals surface area (Å²) in [6, 6.07) is 10.9. The SMILES string of the molecule is Cc1c(OCc2cc(F)cc3cccnc23)cccc1[N+](=O)[O-]. The first-order valence-corrected chi connectivity index (χ1v) is 6.96. The molecule has 116 valence electrons. The largest absolute Gasteiger partial charge is 0.488 e. The third-order valence-electron chi connectivity index (χ3n) is 3.58. The zero-order valence-electron chi connectivity index (χ0n) is 12.3. The molecule has 0 saturated heterocycles. The molecule has 0 bridgehead atoms. The summed E-state index contributed by atoms with van der Waals surface area (Å²) in [5.41, 5.74) is 1.67. The Morgan fingerprint density at radius 3 is 2.87 bits per heavy atom. The van der Waals surface area contributed by atoms with Gasteiger partial charge < -0.3 is 4.74 Å². The van der Waals surface area contributed by atoms with E-state index in [2.05, 4.69) is 4.98 Å². The molecular weight excluding hydrogens is 299 g/mol. The molecule has 0 unspecified atom stereocenters. The molecule has 0 fully saturated rings. The number of nitrogens with zero attached hydrogens (tertiary/aromatic N) is 2. The number of benzene rings is 2. The molecular formula is C17H13FN2O3. The average Bonchev–Trinajstić information content (AvgIpc) is 2.53. The van der Waals surface area contributed by atoms with Crippen LogP contribution in [0.15, 0.2) is 48.7 Å². The number of aromatic nitrogens is 1. The van der Waals surface area contributed by atoms with Crippen LogP contribution in [0, 0.1) is 22.9 Å². The van der Waals surface area contributed by atoms with Crippen LogP contribution >= 0.6 is 0 Å². The number of rotatable bonds is 4. The Bertz CT molecular complexity index is 896. The van der Waals surface area contributed by atoms with E-state index in [9.17, 15) is 14.5 Å². The van der Waals surface area contributed by atoms with Gasteiger partial charge in [0.15, 0.2) is 0 Å². The molecule has 5 nitrogen and oxygen atoms in total. The van der Waals surface area contributed by atoms with Gasteiger partial charge in [-0.05, 0) is 31.2 Å². The Hall–Kier alpha value is -3.02. The van der Waals surface area contributed by atoms with Crippen molar-refractivity contribution in [3.8, 4) is 5.75 Å². The smallest absolute Gasteiger partial charge is 0.276 e. The molecule has 23 heavy (non-hydrogen) atoms. The van der Waals surface area contributed by atoms with Crippen LogP contribution in [0.25, 0.3) is 10.9 Å². The molecule has 0 N–H and O–H groups in total. The van der Waals surface area contributed by atoms with E-state index in [1.807, 2.05) is 0 Å². The average molecular weight is 312 g/mol. The molecule has 3 aromatic rings. The van der Waals surface area contributed by atoms with Crippen LogP contribution in [0.2, 0.25) is 0 Å². The highest BCUT2D eigenvalue weighted by molar-refractivity contribution is 5.81. The minimum absolute atomic E-state index is 0.00951. The summed E-state index contributed by atoms with van der Waals surface area (Å²) in [5, 5.41) is 11.6. The molecule has 6 heteroatoms. The first-order chi connectivity index (χ1) is 11.1. The molecule has 3 rings (SSSR count). The maximum Gasteiger partial charge on any atom is 0.276 e. The van der Waals surface area contributed by atoms with Crippen LogP contribution in [0.5, 0.6) is 5.75 Å². The predicted molar refractivity (Wildman–Crippen MR) is 83.9 cm³/mol. The van der Waals surface area contributed by atoms with Gasteiger partial charge in [0.25, 0.3) is 5.69 Å². The van der Waals surface area contributed by atoms with Crippen LogP contribution in [0.3, 0.4) is 0 Å². The molecule has 1 aromatic heterocycles. The van der Waals surface area contributed by atoms with Gasteiger partial charge in [-0.25, -0.2) is 4.39 Å². The molecule has 0 spiro atoms. The Morgan fingerprint density at radius 2 is 2.09 bits per heavy atom. The summed E-state index contributed by atoms with van der Waals surface area (Å²) < 4.78 is 19.4. The first-order valence-electron chi connectivity index (χ1n) is 6.96. The Kier molecular flexibility index (Phi) is 3.89. The van der Waals surface area contributed by atoms with E-state index in [1.54, 1.807) is 37.4 Å². The fourth-order valence-corrected chi connectivity index (χ4v) is 2.45. The van der Waals surface area contributed by atoms with Gasteiger partial charge in [-0.2, -0.15) is 0 Å². The van der Waals surface area contributed by atoms with Crippen molar-refractivity contribution in [1.82, 2.24) is 4.98 Å². The summed E-state index contributed by atoms with van der Waals surface area (Å²) in [6.07, 6.45) is 1.63. The minimum Gasteiger partial charge on any atom is -0.488 e. The summed E-state index contributed by atoms with van der Waals surface area (Å²) >= 11 is 0. The van der Waals surface area contributed by atoms with Crippen LogP contribution < -0.4 is 4.74 Å². The third kappa shape index (κ3) is 2.96. The standard InChI is InChI=1S/C17H13FN2O3/c1-11-15(20(21)22)5-2-6-16(11)23-10-13-9-14(18)8-12-4-3-7-19-17(12)13/h2-9H,10H2,1H3. The fourth-order valence-electron chi connectivity index (χ4n) is 2.45. The van der Waals surface area contributed by atoms with Crippen molar-refractivity contribution in [2.24, 2.45) is 0 Å². The Labute approximate surface area is 131 Å². The fraction of sp³-hybridized carbons (Fsp3) is 0.118. The summed E-state index contributed by atoms with van der Waals surface area (Å²) in [7, 11) is 0. The third-order valence-corrected chi connectivity index (χ3v) is 3.58. The van der Waals surface area contributed by atoms with Crippen molar-refractivity contribution >= 4 is 16.6 Å². The molecule has 0 aliphatic heterocycles. The number of ether oxygens (including phenoxy) is 1. The number of nitro benzene ring substituents is 1. The van der Waals surface area contributed by atoms with Crippen molar-refractivity contribution in [2.75, 3.05) is 0 Å². The van der Waals surface area contributed by atoms with E-state index in [0.29, 0.717) is 27.8 Å². The van der Waals surface area contributed by atoms with Crippen molar-refractivity contribution in [3.05, 3.63) is 75.7 Å². The molecule has 0 atom stereocenters. The summed E-state index contributed by atoms with van der Waals surface area (Å²) in [5.74, 6) is 0.0207. The number of nitro groups is 1. The van der Waals surface area contributed by atoms with Crippen molar-refractivity contribution in [1.29, 1.82) is 0 Å². The quantitative estimate of drug-likeness (QED) is 0.535. The second kappa shape index (κ2) is 6.00. The molecule has 0 aliphatic carbocycles. The maximum atomic E-state index is 13.7. The number of halogens is 1. The number of pyridine rings is 1. The van der Waals surface area contributed by atoms with Crippen LogP contribution in [0.4, 0.5) is 10.1 Å². The Morgan fingerprint density at radius 1 is 1.26 bits per heavy atom. The van der Waals surface area contributed by atoms with Gasteiger partial charge in [0.1, 0.15) is 18.2 Å². The van der Waals surface area contributed by atoms with E-state index >= 15 is 0 Å². The van der Waals surface area contributed by atoms with Gasteiger partial charge >= 0.3 is 0 Å². The van der Waals surface area contributed by atoms with Gasteiger partial charge in [-0.1, -0.05) is 12.1 Å². The van der Waals surface area contributed by atoms with Crippen LogP contribution in [-0.2, 0) is 6.61 Å².